The number of hydrogen-bond donors (Lipinski definition) is 2. The average molecular weight is 477 g/mol. The minimum atomic E-state index is -3.34. The molecule has 0 aliphatic carbocycles. The maximum atomic E-state index is 12.9. The molecule has 0 bridgehead atoms. The zero-order valence-electron chi connectivity index (χ0n) is 13.0. The maximum Gasteiger partial charge on any atom is 0.434 e. The van der Waals surface area contributed by atoms with Gasteiger partial charge in [0.25, 0.3) is 0 Å². The first-order valence-corrected chi connectivity index (χ1v) is 10.7. The standard InChI is InChI=1S/C11H20Br2N5O4P/c1-8(4-12)15-23(21,16-9(2)5-13)22-7-10-6-14-11(17(10)3)18(19)20/h6,8-9H,4-5,7H2,1-3H3,(H2,15,16,21)/t8-,9-/m1/s1. The topological polar surface area (TPSA) is 111 Å². The lowest BCUT2D eigenvalue weighted by Crippen LogP contribution is -2.36. The molecule has 2 N–H and O–H groups in total. The zero-order chi connectivity index (χ0) is 17.6. The van der Waals surface area contributed by atoms with Crippen LogP contribution in [0.2, 0.25) is 0 Å². The maximum absolute atomic E-state index is 12.9. The molecule has 2 atom stereocenters. The van der Waals surface area contributed by atoms with E-state index in [9.17, 15) is 14.7 Å². The van der Waals surface area contributed by atoms with E-state index in [1.54, 1.807) is 0 Å². The van der Waals surface area contributed by atoms with Gasteiger partial charge in [-0.05, 0) is 18.8 Å². The summed E-state index contributed by atoms with van der Waals surface area (Å²) in [6, 6.07) is -0.173. The lowest BCUT2D eigenvalue weighted by molar-refractivity contribution is -0.396. The number of imidazole rings is 1. The molecule has 0 fully saturated rings. The second-order valence-electron chi connectivity index (χ2n) is 5.06. The molecule has 23 heavy (non-hydrogen) atoms. The number of nitrogens with one attached hydrogen (secondary N) is 2. The molecule has 12 heteroatoms. The Bertz CT molecular complexity index is 569. The molecule has 0 aliphatic heterocycles. The first-order valence-electron chi connectivity index (χ1n) is 6.79. The number of hydrogen-bond acceptors (Lipinski definition) is 5. The van der Waals surface area contributed by atoms with E-state index < -0.39 is 12.6 Å². The van der Waals surface area contributed by atoms with Gasteiger partial charge in [-0.25, -0.2) is 14.7 Å². The number of nitrogens with zero attached hydrogens (tertiary/aromatic N) is 3. The monoisotopic (exact) mass is 475 g/mol. The van der Waals surface area contributed by atoms with Crippen molar-refractivity contribution in [2.75, 3.05) is 10.7 Å². The quantitative estimate of drug-likeness (QED) is 0.231. The molecule has 0 aliphatic rings. The molecule has 0 saturated carbocycles. The lowest BCUT2D eigenvalue weighted by atomic mass is 10.4. The van der Waals surface area contributed by atoms with Crippen molar-refractivity contribution in [3.05, 3.63) is 22.0 Å². The van der Waals surface area contributed by atoms with Gasteiger partial charge in [-0.2, -0.15) is 0 Å². The van der Waals surface area contributed by atoms with Gasteiger partial charge in [0.1, 0.15) is 18.5 Å². The summed E-state index contributed by atoms with van der Waals surface area (Å²) in [7, 11) is -1.82. The van der Waals surface area contributed by atoms with Gasteiger partial charge in [0.05, 0.1) is 7.05 Å². The average Bonchev–Trinajstić information content (AvgIpc) is 2.86. The summed E-state index contributed by atoms with van der Waals surface area (Å²) in [6.07, 6.45) is 1.34. The van der Waals surface area contributed by atoms with Crippen molar-refractivity contribution in [2.24, 2.45) is 7.05 Å². The van der Waals surface area contributed by atoms with Gasteiger partial charge in [0.15, 0.2) is 0 Å². The van der Waals surface area contributed by atoms with Crippen LogP contribution in [-0.2, 0) is 22.7 Å². The highest BCUT2D eigenvalue weighted by atomic mass is 79.9. The summed E-state index contributed by atoms with van der Waals surface area (Å²) in [5.74, 6) is -0.290. The van der Waals surface area contributed by atoms with Crippen LogP contribution in [0, 0.1) is 10.1 Å². The minimum Gasteiger partial charge on any atom is -0.390 e. The zero-order valence-corrected chi connectivity index (χ0v) is 17.1. The van der Waals surface area contributed by atoms with Crippen LogP contribution in [0.25, 0.3) is 0 Å². The molecule has 0 amide bonds. The molecule has 1 aromatic heterocycles. The van der Waals surface area contributed by atoms with Crippen LogP contribution in [0.5, 0.6) is 0 Å². The van der Waals surface area contributed by atoms with Gasteiger partial charge in [-0.1, -0.05) is 36.8 Å². The van der Waals surface area contributed by atoms with Crippen molar-refractivity contribution in [1.29, 1.82) is 0 Å². The van der Waals surface area contributed by atoms with E-state index in [4.69, 9.17) is 4.52 Å². The molecular formula is C11H20Br2N5O4P. The van der Waals surface area contributed by atoms with E-state index in [1.807, 2.05) is 13.8 Å². The van der Waals surface area contributed by atoms with Gasteiger partial charge < -0.3 is 10.1 Å². The molecule has 0 radical (unpaired) electrons. The van der Waals surface area contributed by atoms with Gasteiger partial charge in [-0.15, -0.1) is 0 Å². The Morgan fingerprint density at radius 3 is 2.30 bits per heavy atom. The Balaban J connectivity index is 2.85. The molecule has 132 valence electrons. The SMILES string of the molecule is C[C@H](CBr)NP(=O)(N[C@H](C)CBr)OCc1cnc([N+](=O)[O-])n1C. The molecule has 0 aromatic carbocycles. The van der Waals surface area contributed by atoms with Crippen molar-refractivity contribution < 1.29 is 14.0 Å². The fraction of sp³-hybridized carbons (Fsp3) is 0.727. The summed E-state index contributed by atoms with van der Waals surface area (Å²) in [5, 5.41) is 17.8. The predicted molar refractivity (Wildman–Crippen MR) is 95.0 cm³/mol. The number of nitro groups is 1. The van der Waals surface area contributed by atoms with E-state index in [2.05, 4.69) is 47.0 Å². The molecule has 1 aromatic rings. The van der Waals surface area contributed by atoms with Crippen molar-refractivity contribution in [1.82, 2.24) is 19.7 Å². The summed E-state index contributed by atoms with van der Waals surface area (Å²) in [5.41, 5.74) is 0.457. The van der Waals surface area contributed by atoms with Crippen molar-refractivity contribution in [2.45, 2.75) is 32.5 Å². The van der Waals surface area contributed by atoms with Crippen LogP contribution in [0.15, 0.2) is 6.20 Å². The fourth-order valence-corrected chi connectivity index (χ4v) is 4.36. The molecular weight excluding hydrogens is 457 g/mol. The Morgan fingerprint density at radius 2 is 1.91 bits per heavy atom. The van der Waals surface area contributed by atoms with Crippen LogP contribution >= 0.6 is 39.5 Å². The number of alkyl halides is 2. The molecule has 0 saturated heterocycles. The largest absolute Gasteiger partial charge is 0.434 e. The highest BCUT2D eigenvalue weighted by Gasteiger charge is 2.28. The van der Waals surface area contributed by atoms with Crippen LogP contribution < -0.4 is 10.2 Å². The van der Waals surface area contributed by atoms with Crippen LogP contribution in [0.1, 0.15) is 19.5 Å². The lowest BCUT2D eigenvalue weighted by Gasteiger charge is -2.25. The fourth-order valence-electron chi connectivity index (χ4n) is 1.66. The summed E-state index contributed by atoms with van der Waals surface area (Å²) < 4.78 is 19.8. The normalized spacial score (nSPS) is 14.7. The summed E-state index contributed by atoms with van der Waals surface area (Å²) in [4.78, 5) is 13.9. The Kier molecular flexibility index (Phi) is 8.32. The third kappa shape index (κ3) is 6.24. The first kappa shape index (κ1) is 20.7. The van der Waals surface area contributed by atoms with Gasteiger partial charge in [0, 0.05) is 22.7 Å². The van der Waals surface area contributed by atoms with E-state index in [0.717, 1.165) is 0 Å². The van der Waals surface area contributed by atoms with E-state index >= 15 is 0 Å². The van der Waals surface area contributed by atoms with Gasteiger partial charge >= 0.3 is 13.6 Å². The van der Waals surface area contributed by atoms with Crippen LogP contribution in [0.4, 0.5) is 5.95 Å². The second kappa shape index (κ2) is 9.24. The Morgan fingerprint density at radius 1 is 1.39 bits per heavy atom. The second-order valence-corrected chi connectivity index (χ2v) is 8.23. The van der Waals surface area contributed by atoms with E-state index in [-0.39, 0.29) is 24.6 Å². The number of halogens is 2. The smallest absolute Gasteiger partial charge is 0.390 e. The van der Waals surface area contributed by atoms with Gasteiger partial charge in [0.2, 0.25) is 0 Å². The van der Waals surface area contributed by atoms with Gasteiger partial charge in [-0.3, -0.25) is 9.09 Å². The molecule has 0 unspecified atom stereocenters. The Hall–Kier alpha value is -0.320. The summed E-state index contributed by atoms with van der Waals surface area (Å²) >= 11 is 6.62. The highest BCUT2D eigenvalue weighted by Crippen LogP contribution is 2.40. The number of rotatable bonds is 10. The van der Waals surface area contributed by atoms with Crippen molar-refractivity contribution >= 4 is 45.5 Å². The molecule has 9 nitrogen and oxygen atoms in total. The van der Waals surface area contributed by atoms with Crippen molar-refractivity contribution in [3.63, 3.8) is 0 Å². The molecule has 0 spiro atoms. The van der Waals surface area contributed by atoms with E-state index in [1.165, 1.54) is 17.8 Å². The van der Waals surface area contributed by atoms with Crippen LogP contribution in [0.3, 0.4) is 0 Å². The summed E-state index contributed by atoms with van der Waals surface area (Å²) in [6.45, 7) is 3.65. The predicted octanol–water partition coefficient (Wildman–Crippen LogP) is 2.70. The minimum absolute atomic E-state index is 0.0708. The third-order valence-electron chi connectivity index (χ3n) is 2.86. The van der Waals surface area contributed by atoms with E-state index in [0.29, 0.717) is 16.4 Å². The third-order valence-corrected chi connectivity index (χ3v) is 6.86. The Labute approximate surface area is 151 Å². The first-order chi connectivity index (χ1) is 10.7. The number of aromatic nitrogens is 2. The highest BCUT2D eigenvalue weighted by molar-refractivity contribution is 9.09. The van der Waals surface area contributed by atoms with Crippen LogP contribution in [-0.4, -0.2) is 37.2 Å². The molecule has 1 heterocycles. The van der Waals surface area contributed by atoms with Crippen molar-refractivity contribution in [3.8, 4) is 0 Å². The molecule has 1 rings (SSSR count).